The molecule has 0 saturated carbocycles. The molecular formula is C9H16FNOS. The molecule has 0 aliphatic carbocycles. The zero-order valence-electron chi connectivity index (χ0n) is 8.48. The highest BCUT2D eigenvalue weighted by atomic mass is 32.2. The van der Waals surface area contributed by atoms with Crippen LogP contribution in [-0.2, 0) is 4.79 Å². The van der Waals surface area contributed by atoms with Crippen LogP contribution in [0.5, 0.6) is 0 Å². The minimum Gasteiger partial charge on any atom is -0.348 e. The third-order valence-electron chi connectivity index (χ3n) is 2.31. The molecule has 1 rings (SSSR count). The van der Waals surface area contributed by atoms with Gasteiger partial charge >= 0.3 is 0 Å². The Morgan fingerprint density at radius 3 is 2.38 bits per heavy atom. The lowest BCUT2D eigenvalue weighted by atomic mass is 10.0. The molecule has 0 spiro atoms. The SMILES string of the molecule is CC(C)(F)C(=O)NC1CSC1(C)C. The summed E-state index contributed by atoms with van der Waals surface area (Å²) < 4.78 is 13.2. The van der Waals surface area contributed by atoms with Crippen molar-refractivity contribution in [3.05, 3.63) is 0 Å². The first-order valence-electron chi connectivity index (χ1n) is 4.37. The van der Waals surface area contributed by atoms with Crippen molar-refractivity contribution >= 4 is 17.7 Å². The maximum Gasteiger partial charge on any atom is 0.257 e. The van der Waals surface area contributed by atoms with Crippen molar-refractivity contribution in [2.75, 3.05) is 5.75 Å². The van der Waals surface area contributed by atoms with Crippen LogP contribution in [0, 0.1) is 0 Å². The van der Waals surface area contributed by atoms with E-state index < -0.39 is 11.6 Å². The first-order valence-corrected chi connectivity index (χ1v) is 5.36. The summed E-state index contributed by atoms with van der Waals surface area (Å²) in [4.78, 5) is 11.3. The highest BCUT2D eigenvalue weighted by Crippen LogP contribution is 2.40. The number of rotatable bonds is 2. The third kappa shape index (κ3) is 2.36. The number of halogens is 1. The van der Waals surface area contributed by atoms with E-state index >= 15 is 0 Å². The fourth-order valence-corrected chi connectivity index (χ4v) is 2.19. The smallest absolute Gasteiger partial charge is 0.257 e. The molecule has 1 saturated heterocycles. The maximum absolute atomic E-state index is 13.1. The maximum atomic E-state index is 13.1. The summed E-state index contributed by atoms with van der Waals surface area (Å²) >= 11 is 1.79. The zero-order chi connectivity index (χ0) is 10.3. The van der Waals surface area contributed by atoms with Crippen LogP contribution in [0.1, 0.15) is 27.7 Å². The van der Waals surface area contributed by atoms with Crippen LogP contribution >= 0.6 is 11.8 Å². The van der Waals surface area contributed by atoms with Gasteiger partial charge in [0.15, 0.2) is 5.67 Å². The molecule has 0 bridgehead atoms. The van der Waals surface area contributed by atoms with Crippen LogP contribution in [0.25, 0.3) is 0 Å². The average molecular weight is 205 g/mol. The molecule has 0 aromatic carbocycles. The molecule has 0 radical (unpaired) electrons. The van der Waals surface area contributed by atoms with E-state index in [0.717, 1.165) is 5.75 Å². The van der Waals surface area contributed by atoms with Gasteiger partial charge in [-0.2, -0.15) is 11.8 Å². The Kier molecular flexibility index (Phi) is 2.63. The molecule has 1 unspecified atom stereocenters. The van der Waals surface area contributed by atoms with Crippen LogP contribution in [0.4, 0.5) is 4.39 Å². The lowest BCUT2D eigenvalue weighted by Crippen LogP contribution is -2.59. The molecule has 1 aliphatic rings. The molecule has 13 heavy (non-hydrogen) atoms. The summed E-state index contributed by atoms with van der Waals surface area (Å²) in [6.45, 7) is 6.66. The lowest BCUT2D eigenvalue weighted by molar-refractivity contribution is -0.131. The highest BCUT2D eigenvalue weighted by molar-refractivity contribution is 8.02. The number of hydrogen-bond donors (Lipinski definition) is 1. The Morgan fingerprint density at radius 2 is 2.15 bits per heavy atom. The van der Waals surface area contributed by atoms with Gasteiger partial charge in [0, 0.05) is 10.5 Å². The average Bonchev–Trinajstić information content (AvgIpc) is 1.96. The topological polar surface area (TPSA) is 29.1 Å². The van der Waals surface area contributed by atoms with Crippen LogP contribution in [0.2, 0.25) is 0 Å². The normalized spacial score (nSPS) is 26.4. The number of carbonyl (C=O) groups is 1. The molecule has 1 fully saturated rings. The van der Waals surface area contributed by atoms with E-state index in [2.05, 4.69) is 19.2 Å². The number of thioether (sulfide) groups is 1. The quantitative estimate of drug-likeness (QED) is 0.744. The van der Waals surface area contributed by atoms with Gasteiger partial charge in [0.05, 0.1) is 6.04 Å². The first-order chi connectivity index (χ1) is 5.73. The number of hydrogen-bond acceptors (Lipinski definition) is 2. The monoisotopic (exact) mass is 205 g/mol. The first kappa shape index (κ1) is 10.8. The molecule has 1 amide bonds. The second-order valence-electron chi connectivity index (χ2n) is 4.41. The molecular weight excluding hydrogens is 189 g/mol. The van der Waals surface area contributed by atoms with Crippen LogP contribution in [0.15, 0.2) is 0 Å². The predicted molar refractivity (Wildman–Crippen MR) is 53.7 cm³/mol. The van der Waals surface area contributed by atoms with E-state index in [1.165, 1.54) is 13.8 Å². The van der Waals surface area contributed by atoms with Crippen molar-refractivity contribution < 1.29 is 9.18 Å². The number of nitrogens with one attached hydrogen (secondary N) is 1. The molecule has 4 heteroatoms. The second kappa shape index (κ2) is 3.15. The molecule has 2 nitrogen and oxygen atoms in total. The summed E-state index contributed by atoms with van der Waals surface area (Å²) in [6.07, 6.45) is 0. The fraction of sp³-hybridized carbons (Fsp3) is 0.889. The van der Waals surface area contributed by atoms with Crippen molar-refractivity contribution in [2.45, 2.75) is 44.2 Å². The Hall–Kier alpha value is -0.250. The summed E-state index contributed by atoms with van der Waals surface area (Å²) in [5.41, 5.74) is -1.77. The van der Waals surface area contributed by atoms with Crippen molar-refractivity contribution in [3.63, 3.8) is 0 Å². The molecule has 1 aliphatic heterocycles. The molecule has 1 atom stereocenters. The molecule has 1 heterocycles. The number of carbonyl (C=O) groups excluding carboxylic acids is 1. The van der Waals surface area contributed by atoms with Crippen molar-refractivity contribution in [3.8, 4) is 0 Å². The number of amides is 1. The minimum absolute atomic E-state index is 0.0565. The van der Waals surface area contributed by atoms with Gasteiger partial charge in [0.2, 0.25) is 0 Å². The summed E-state index contributed by atoms with van der Waals surface area (Å²) in [7, 11) is 0. The Labute approximate surface area is 82.7 Å². The summed E-state index contributed by atoms with van der Waals surface area (Å²) in [6, 6.07) is 0.111. The summed E-state index contributed by atoms with van der Waals surface area (Å²) in [5.74, 6) is 0.375. The van der Waals surface area contributed by atoms with E-state index in [9.17, 15) is 9.18 Å². The number of alkyl halides is 1. The van der Waals surface area contributed by atoms with Crippen molar-refractivity contribution in [2.24, 2.45) is 0 Å². The largest absolute Gasteiger partial charge is 0.348 e. The van der Waals surface area contributed by atoms with E-state index in [0.29, 0.717) is 0 Å². The Balaban J connectivity index is 2.47. The van der Waals surface area contributed by atoms with Gasteiger partial charge < -0.3 is 5.32 Å². The molecule has 0 aromatic heterocycles. The standard InChI is InChI=1S/C9H16FNOS/c1-8(2,10)7(12)11-6-5-13-9(6,3)4/h6H,5H2,1-4H3,(H,11,12). The molecule has 1 N–H and O–H groups in total. The minimum atomic E-state index is -1.77. The fourth-order valence-electron chi connectivity index (χ4n) is 1.05. The van der Waals surface area contributed by atoms with E-state index in [1.54, 1.807) is 11.8 Å². The van der Waals surface area contributed by atoms with E-state index in [-0.39, 0.29) is 10.8 Å². The second-order valence-corrected chi connectivity index (χ2v) is 6.09. The van der Waals surface area contributed by atoms with E-state index in [4.69, 9.17) is 0 Å². The van der Waals surface area contributed by atoms with Crippen molar-refractivity contribution in [1.29, 1.82) is 0 Å². The van der Waals surface area contributed by atoms with Gasteiger partial charge in [-0.25, -0.2) is 4.39 Å². The predicted octanol–water partition coefficient (Wildman–Crippen LogP) is 1.74. The van der Waals surface area contributed by atoms with Crippen molar-refractivity contribution in [1.82, 2.24) is 5.32 Å². The van der Waals surface area contributed by atoms with Gasteiger partial charge in [-0.3, -0.25) is 4.79 Å². The third-order valence-corrected chi connectivity index (χ3v) is 3.83. The molecule has 0 aromatic rings. The van der Waals surface area contributed by atoms with E-state index in [1.807, 2.05) is 0 Å². The van der Waals surface area contributed by atoms with Gasteiger partial charge in [-0.05, 0) is 27.7 Å². The Bertz CT molecular complexity index is 222. The zero-order valence-corrected chi connectivity index (χ0v) is 9.30. The van der Waals surface area contributed by atoms with Crippen LogP contribution in [-0.4, -0.2) is 28.1 Å². The molecule has 76 valence electrons. The Morgan fingerprint density at radius 1 is 1.62 bits per heavy atom. The highest BCUT2D eigenvalue weighted by Gasteiger charge is 2.42. The van der Waals surface area contributed by atoms with Crippen LogP contribution < -0.4 is 5.32 Å². The van der Waals surface area contributed by atoms with Crippen LogP contribution in [0.3, 0.4) is 0 Å². The summed E-state index contributed by atoms with van der Waals surface area (Å²) in [5, 5.41) is 2.71. The van der Waals surface area contributed by atoms with Gasteiger partial charge in [-0.1, -0.05) is 0 Å². The lowest BCUT2D eigenvalue weighted by Gasteiger charge is -2.44. The van der Waals surface area contributed by atoms with Gasteiger partial charge in [0.1, 0.15) is 0 Å². The van der Waals surface area contributed by atoms with Gasteiger partial charge in [-0.15, -0.1) is 0 Å². The van der Waals surface area contributed by atoms with Gasteiger partial charge in [0.25, 0.3) is 5.91 Å².